The number of nitriles is 1. The molecule has 0 aromatic heterocycles. The van der Waals surface area contributed by atoms with E-state index in [0.717, 1.165) is 43.7 Å². The van der Waals surface area contributed by atoms with Crippen LogP contribution in [0.3, 0.4) is 0 Å². The minimum absolute atomic E-state index is 0.0352. The molecule has 3 heterocycles. The maximum atomic E-state index is 12.7. The highest BCUT2D eigenvalue weighted by atomic mass is 16.5. The first-order valence-electron chi connectivity index (χ1n) is 10.4. The van der Waals surface area contributed by atoms with Crippen LogP contribution in [0.5, 0.6) is 0 Å². The van der Waals surface area contributed by atoms with E-state index in [0.29, 0.717) is 6.42 Å². The summed E-state index contributed by atoms with van der Waals surface area (Å²) in [5.41, 5.74) is 3.48. The number of carboxylic acids is 1. The van der Waals surface area contributed by atoms with Crippen molar-refractivity contribution in [2.75, 3.05) is 13.1 Å². The number of aliphatic carboxylic acids is 1. The molecule has 0 radical (unpaired) electrons. The monoisotopic (exact) mass is 396 g/mol. The number of nitrogens with zero attached hydrogens (tertiary/aromatic N) is 2. The second-order valence-corrected chi connectivity index (χ2v) is 9.98. The number of carbonyl (C=O) groups excluding carboxylic acids is 1. The van der Waals surface area contributed by atoms with Crippen molar-refractivity contribution in [1.82, 2.24) is 4.90 Å². The zero-order valence-corrected chi connectivity index (χ0v) is 17.5. The summed E-state index contributed by atoms with van der Waals surface area (Å²) < 4.78 is 5.90. The highest BCUT2D eigenvalue weighted by Gasteiger charge is 2.50. The van der Waals surface area contributed by atoms with E-state index in [1.807, 2.05) is 0 Å². The number of esters is 1. The molecule has 6 nitrogen and oxygen atoms in total. The number of hydrogen-bond donors (Lipinski definition) is 1. The molecule has 4 aliphatic rings. The van der Waals surface area contributed by atoms with Crippen LogP contribution in [-0.4, -0.2) is 35.0 Å². The van der Waals surface area contributed by atoms with Gasteiger partial charge in [0.05, 0.1) is 5.92 Å². The molecule has 154 valence electrons. The summed E-state index contributed by atoms with van der Waals surface area (Å²) >= 11 is 0. The Bertz CT molecular complexity index is 929. The average molecular weight is 396 g/mol. The maximum absolute atomic E-state index is 12.7. The van der Waals surface area contributed by atoms with Crippen molar-refractivity contribution in [1.29, 1.82) is 5.26 Å². The molecule has 0 aromatic carbocycles. The van der Waals surface area contributed by atoms with Gasteiger partial charge in [-0.2, -0.15) is 5.26 Å². The largest absolute Gasteiger partial charge is 0.477 e. The minimum Gasteiger partial charge on any atom is -0.477 e. The summed E-state index contributed by atoms with van der Waals surface area (Å²) in [6.45, 7) is 11.1. The van der Waals surface area contributed by atoms with Gasteiger partial charge in [0.25, 0.3) is 0 Å². The van der Waals surface area contributed by atoms with E-state index >= 15 is 0 Å². The molecule has 2 fully saturated rings. The van der Waals surface area contributed by atoms with Gasteiger partial charge in [-0.3, -0.25) is 4.79 Å². The van der Waals surface area contributed by atoms with Crippen molar-refractivity contribution < 1.29 is 19.4 Å². The highest BCUT2D eigenvalue weighted by molar-refractivity contribution is 5.92. The van der Waals surface area contributed by atoms with Gasteiger partial charge in [0.2, 0.25) is 0 Å². The lowest BCUT2D eigenvalue weighted by Gasteiger charge is -2.54. The van der Waals surface area contributed by atoms with Crippen molar-refractivity contribution >= 4 is 11.9 Å². The molecular formula is C23H28N2O4. The van der Waals surface area contributed by atoms with Crippen LogP contribution in [0.2, 0.25) is 0 Å². The third kappa shape index (κ3) is 3.08. The number of ether oxygens (including phenoxy) is 1. The second kappa shape index (κ2) is 6.48. The van der Waals surface area contributed by atoms with E-state index < -0.39 is 23.4 Å². The number of carboxylic acid groups (broad SMARTS) is 1. The van der Waals surface area contributed by atoms with Gasteiger partial charge in [-0.15, -0.1) is 0 Å². The molecule has 2 unspecified atom stereocenters. The molecular weight excluding hydrogens is 368 g/mol. The molecule has 0 spiro atoms. The van der Waals surface area contributed by atoms with Gasteiger partial charge in [0.1, 0.15) is 17.4 Å². The Morgan fingerprint density at radius 3 is 2.52 bits per heavy atom. The summed E-state index contributed by atoms with van der Waals surface area (Å²) in [6, 6.07) is 1.67. The normalized spacial score (nSPS) is 30.2. The lowest BCUT2D eigenvalue weighted by atomic mass is 9.62. The van der Waals surface area contributed by atoms with Crippen LogP contribution < -0.4 is 0 Å². The van der Waals surface area contributed by atoms with Crippen molar-refractivity contribution in [2.45, 2.75) is 53.4 Å². The molecule has 1 aliphatic carbocycles. The van der Waals surface area contributed by atoms with Crippen LogP contribution in [0.1, 0.15) is 53.4 Å². The van der Waals surface area contributed by atoms with Gasteiger partial charge in [-0.25, -0.2) is 4.79 Å². The number of piperidine rings is 1. The van der Waals surface area contributed by atoms with E-state index in [2.05, 4.69) is 32.6 Å². The fourth-order valence-corrected chi connectivity index (χ4v) is 5.35. The number of fused-ring (bicyclic) bond motifs is 1. The van der Waals surface area contributed by atoms with Gasteiger partial charge in [0.15, 0.2) is 0 Å². The lowest BCUT2D eigenvalue weighted by molar-refractivity contribution is -0.148. The molecule has 0 amide bonds. The summed E-state index contributed by atoms with van der Waals surface area (Å²) in [5, 5.41) is 18.2. The average Bonchev–Trinajstić information content (AvgIpc) is 2.63. The first-order chi connectivity index (χ1) is 13.5. The van der Waals surface area contributed by atoms with Gasteiger partial charge in [-0.05, 0) is 48.2 Å². The summed E-state index contributed by atoms with van der Waals surface area (Å²) in [5.74, 6) is -1.65. The molecule has 3 aliphatic heterocycles. The smallest absolute Gasteiger partial charge is 0.346 e. The summed E-state index contributed by atoms with van der Waals surface area (Å²) in [4.78, 5) is 26.4. The molecule has 2 saturated heterocycles. The Morgan fingerprint density at radius 1 is 1.24 bits per heavy atom. The number of allylic oxidation sites excluding steroid dienone is 3. The van der Waals surface area contributed by atoms with Crippen molar-refractivity contribution in [2.24, 2.45) is 22.7 Å². The topological polar surface area (TPSA) is 90.6 Å². The van der Waals surface area contributed by atoms with Crippen LogP contribution in [0, 0.1) is 34.0 Å². The predicted molar refractivity (Wildman–Crippen MR) is 106 cm³/mol. The second-order valence-electron chi connectivity index (χ2n) is 9.98. The highest BCUT2D eigenvalue weighted by Crippen LogP contribution is 2.57. The first kappa shape index (κ1) is 19.8. The Kier molecular flexibility index (Phi) is 4.41. The van der Waals surface area contributed by atoms with Crippen molar-refractivity contribution in [3.63, 3.8) is 0 Å². The molecule has 4 rings (SSSR count). The van der Waals surface area contributed by atoms with E-state index in [4.69, 9.17) is 15.1 Å². The Hall–Kier alpha value is -2.55. The fourth-order valence-electron chi connectivity index (χ4n) is 5.35. The first-order valence-corrected chi connectivity index (χ1v) is 10.4. The fraction of sp³-hybridized carbons (Fsp3) is 0.609. The molecule has 0 saturated carbocycles. The van der Waals surface area contributed by atoms with Crippen molar-refractivity contribution in [3.05, 3.63) is 34.3 Å². The molecule has 0 bridgehead atoms. The molecule has 1 N–H and O–H groups in total. The van der Waals surface area contributed by atoms with E-state index in [-0.39, 0.29) is 16.7 Å². The SMILES string of the molecule is CC1(C)CCN2CCC(C)(C)C3=C4OC(=O)C(/C=C(/C#N)C(=O)O)CC4CC1=C32. The Balaban J connectivity index is 1.80. The zero-order valence-electron chi connectivity index (χ0n) is 17.5. The molecule has 2 atom stereocenters. The van der Waals surface area contributed by atoms with Gasteiger partial charge < -0.3 is 14.7 Å². The Labute approximate surface area is 171 Å². The van der Waals surface area contributed by atoms with Crippen molar-refractivity contribution in [3.8, 4) is 6.07 Å². The third-order valence-electron chi connectivity index (χ3n) is 7.18. The zero-order chi connectivity index (χ0) is 21.1. The predicted octanol–water partition coefficient (Wildman–Crippen LogP) is 3.77. The summed E-state index contributed by atoms with van der Waals surface area (Å²) in [7, 11) is 0. The standard InChI is InChI=1S/C23H28N2O4/c1-22(2)5-7-25-8-6-23(3,4)17-18(25)16(22)11-13-9-14(21(28)29-19(13)17)10-15(12-24)20(26)27/h10,13-14H,5-9,11H2,1-4H3,(H,26,27)/b15-10-. The molecule has 29 heavy (non-hydrogen) atoms. The number of carbonyl (C=O) groups is 2. The third-order valence-corrected chi connectivity index (χ3v) is 7.18. The lowest BCUT2D eigenvalue weighted by Crippen LogP contribution is -2.48. The quantitative estimate of drug-likeness (QED) is 0.434. The van der Waals surface area contributed by atoms with Gasteiger partial charge >= 0.3 is 11.9 Å². The van der Waals surface area contributed by atoms with Crippen LogP contribution in [-0.2, 0) is 14.3 Å². The van der Waals surface area contributed by atoms with Crippen LogP contribution in [0.25, 0.3) is 0 Å². The van der Waals surface area contributed by atoms with Gasteiger partial charge in [0, 0.05) is 30.3 Å². The molecule has 6 heteroatoms. The van der Waals surface area contributed by atoms with Crippen LogP contribution >= 0.6 is 0 Å². The summed E-state index contributed by atoms with van der Waals surface area (Å²) in [6.07, 6.45) is 4.68. The Morgan fingerprint density at radius 2 is 1.90 bits per heavy atom. The van der Waals surface area contributed by atoms with Crippen LogP contribution in [0.4, 0.5) is 0 Å². The van der Waals surface area contributed by atoms with E-state index in [1.54, 1.807) is 6.07 Å². The number of hydrogen-bond acceptors (Lipinski definition) is 5. The molecule has 0 aromatic rings. The number of rotatable bonds is 2. The van der Waals surface area contributed by atoms with Crippen LogP contribution in [0.15, 0.2) is 34.3 Å². The van der Waals surface area contributed by atoms with Gasteiger partial charge in [-0.1, -0.05) is 27.7 Å². The minimum atomic E-state index is -1.31. The maximum Gasteiger partial charge on any atom is 0.346 e. The van der Waals surface area contributed by atoms with E-state index in [1.165, 1.54) is 17.3 Å². The van der Waals surface area contributed by atoms with E-state index in [9.17, 15) is 9.59 Å².